The number of aliphatic hydroxyl groups is 1. The van der Waals surface area contributed by atoms with Crippen LogP contribution in [-0.4, -0.2) is 42.2 Å². The van der Waals surface area contributed by atoms with E-state index in [0.29, 0.717) is 19.5 Å². The van der Waals surface area contributed by atoms with Crippen molar-refractivity contribution in [2.24, 2.45) is 11.7 Å². The standard InChI is InChI=1S/C11H24N2O2/c1-3-5-13(6-7-14)11(15)8-10(4-2)9-12/h10,14H,3-9,12H2,1-2H3. The van der Waals surface area contributed by atoms with E-state index in [1.165, 1.54) is 0 Å². The summed E-state index contributed by atoms with van der Waals surface area (Å²) in [6, 6.07) is 0. The Bertz CT molecular complexity index is 164. The minimum absolute atomic E-state index is 0.0329. The highest BCUT2D eigenvalue weighted by molar-refractivity contribution is 5.76. The molecule has 0 aromatic carbocycles. The number of carbonyl (C=O) groups is 1. The summed E-state index contributed by atoms with van der Waals surface area (Å²) in [5.74, 6) is 0.388. The molecule has 0 aromatic rings. The van der Waals surface area contributed by atoms with E-state index >= 15 is 0 Å². The number of hydrogen-bond acceptors (Lipinski definition) is 3. The first-order valence-corrected chi connectivity index (χ1v) is 5.78. The molecule has 0 bridgehead atoms. The maximum Gasteiger partial charge on any atom is 0.222 e. The smallest absolute Gasteiger partial charge is 0.222 e. The van der Waals surface area contributed by atoms with Crippen molar-refractivity contribution in [1.82, 2.24) is 4.90 Å². The molecule has 1 unspecified atom stereocenters. The highest BCUT2D eigenvalue weighted by atomic mass is 16.3. The molecule has 0 rings (SSSR count). The molecule has 1 atom stereocenters. The van der Waals surface area contributed by atoms with Crippen LogP contribution in [0.2, 0.25) is 0 Å². The van der Waals surface area contributed by atoms with Crippen LogP contribution in [0.25, 0.3) is 0 Å². The number of nitrogens with zero attached hydrogens (tertiary/aromatic N) is 1. The summed E-state index contributed by atoms with van der Waals surface area (Å²) >= 11 is 0. The van der Waals surface area contributed by atoms with Crippen molar-refractivity contribution >= 4 is 5.91 Å². The van der Waals surface area contributed by atoms with Gasteiger partial charge in [-0.05, 0) is 18.9 Å². The van der Waals surface area contributed by atoms with E-state index in [0.717, 1.165) is 19.4 Å². The zero-order valence-electron chi connectivity index (χ0n) is 9.91. The molecule has 15 heavy (non-hydrogen) atoms. The number of amides is 1. The fourth-order valence-corrected chi connectivity index (χ4v) is 1.52. The largest absolute Gasteiger partial charge is 0.395 e. The molecule has 0 saturated carbocycles. The third-order valence-electron chi connectivity index (χ3n) is 2.59. The molecule has 0 aliphatic rings. The number of carbonyl (C=O) groups excluding carboxylic acids is 1. The lowest BCUT2D eigenvalue weighted by atomic mass is 10.0. The molecule has 1 amide bonds. The van der Waals surface area contributed by atoms with Gasteiger partial charge in [0.25, 0.3) is 0 Å². The maximum atomic E-state index is 11.8. The van der Waals surface area contributed by atoms with Gasteiger partial charge in [0, 0.05) is 19.5 Å². The van der Waals surface area contributed by atoms with Gasteiger partial charge in [-0.2, -0.15) is 0 Å². The number of aliphatic hydroxyl groups excluding tert-OH is 1. The van der Waals surface area contributed by atoms with Crippen LogP contribution in [0.5, 0.6) is 0 Å². The SMILES string of the molecule is CCCN(CCO)C(=O)CC(CC)CN. The summed E-state index contributed by atoms with van der Waals surface area (Å²) in [6.45, 7) is 5.82. The molecule has 0 saturated heterocycles. The molecule has 0 aromatic heterocycles. The molecule has 0 aliphatic carbocycles. The Balaban J connectivity index is 4.10. The average molecular weight is 216 g/mol. The molecular weight excluding hydrogens is 192 g/mol. The summed E-state index contributed by atoms with van der Waals surface area (Å²) in [5, 5.41) is 8.84. The second kappa shape index (κ2) is 8.68. The van der Waals surface area contributed by atoms with Crippen molar-refractivity contribution in [1.29, 1.82) is 0 Å². The van der Waals surface area contributed by atoms with Crippen LogP contribution in [0.4, 0.5) is 0 Å². The van der Waals surface area contributed by atoms with E-state index in [2.05, 4.69) is 0 Å². The number of rotatable bonds is 8. The minimum atomic E-state index is 0.0329. The van der Waals surface area contributed by atoms with Gasteiger partial charge in [-0.3, -0.25) is 4.79 Å². The van der Waals surface area contributed by atoms with Gasteiger partial charge in [0.1, 0.15) is 0 Å². The summed E-state index contributed by atoms with van der Waals surface area (Å²) in [6.07, 6.45) is 2.36. The van der Waals surface area contributed by atoms with E-state index < -0.39 is 0 Å². The van der Waals surface area contributed by atoms with E-state index in [4.69, 9.17) is 10.8 Å². The average Bonchev–Trinajstić information content (AvgIpc) is 2.25. The highest BCUT2D eigenvalue weighted by Gasteiger charge is 2.16. The Morgan fingerprint density at radius 2 is 2.07 bits per heavy atom. The Hall–Kier alpha value is -0.610. The molecule has 90 valence electrons. The first-order chi connectivity index (χ1) is 7.19. The van der Waals surface area contributed by atoms with Crippen molar-refractivity contribution in [3.05, 3.63) is 0 Å². The molecule has 0 aliphatic heterocycles. The van der Waals surface area contributed by atoms with Gasteiger partial charge in [-0.25, -0.2) is 0 Å². The Morgan fingerprint density at radius 3 is 2.47 bits per heavy atom. The molecule has 4 nitrogen and oxygen atoms in total. The molecule has 4 heteroatoms. The van der Waals surface area contributed by atoms with Crippen LogP contribution >= 0.6 is 0 Å². The van der Waals surface area contributed by atoms with Crippen LogP contribution in [0.1, 0.15) is 33.1 Å². The van der Waals surface area contributed by atoms with Gasteiger partial charge in [0.2, 0.25) is 5.91 Å². The van der Waals surface area contributed by atoms with Crippen molar-refractivity contribution < 1.29 is 9.90 Å². The second-order valence-electron chi connectivity index (χ2n) is 3.82. The third-order valence-corrected chi connectivity index (χ3v) is 2.59. The van der Waals surface area contributed by atoms with Crippen molar-refractivity contribution in [2.45, 2.75) is 33.1 Å². The van der Waals surface area contributed by atoms with Gasteiger partial charge in [0.15, 0.2) is 0 Å². The summed E-state index contributed by atoms with van der Waals surface area (Å²) in [7, 11) is 0. The quantitative estimate of drug-likeness (QED) is 0.624. The third kappa shape index (κ3) is 5.74. The number of hydrogen-bond donors (Lipinski definition) is 2. The van der Waals surface area contributed by atoms with E-state index in [9.17, 15) is 4.79 Å². The van der Waals surface area contributed by atoms with Crippen LogP contribution in [0.3, 0.4) is 0 Å². The zero-order valence-corrected chi connectivity index (χ0v) is 9.91. The number of nitrogens with two attached hydrogens (primary N) is 1. The van der Waals surface area contributed by atoms with Gasteiger partial charge >= 0.3 is 0 Å². The Kier molecular flexibility index (Phi) is 8.33. The van der Waals surface area contributed by atoms with Gasteiger partial charge < -0.3 is 15.7 Å². The van der Waals surface area contributed by atoms with E-state index in [1.807, 2.05) is 13.8 Å². The normalized spacial score (nSPS) is 12.5. The van der Waals surface area contributed by atoms with E-state index in [-0.39, 0.29) is 18.4 Å². The molecule has 0 spiro atoms. The highest BCUT2D eigenvalue weighted by Crippen LogP contribution is 2.09. The fourth-order valence-electron chi connectivity index (χ4n) is 1.52. The maximum absolute atomic E-state index is 11.8. The van der Waals surface area contributed by atoms with Crippen LogP contribution < -0.4 is 5.73 Å². The first kappa shape index (κ1) is 14.4. The van der Waals surface area contributed by atoms with Crippen molar-refractivity contribution in [3.8, 4) is 0 Å². The lowest BCUT2D eigenvalue weighted by Gasteiger charge is -2.23. The van der Waals surface area contributed by atoms with Gasteiger partial charge in [-0.15, -0.1) is 0 Å². The van der Waals surface area contributed by atoms with Crippen molar-refractivity contribution in [3.63, 3.8) is 0 Å². The van der Waals surface area contributed by atoms with Gasteiger partial charge in [0.05, 0.1) is 6.61 Å². The summed E-state index contributed by atoms with van der Waals surface area (Å²) in [4.78, 5) is 13.5. The molecule has 0 fully saturated rings. The molecule has 0 heterocycles. The van der Waals surface area contributed by atoms with Crippen LogP contribution in [-0.2, 0) is 4.79 Å². The predicted octanol–water partition coefficient (Wildman–Crippen LogP) is 0.592. The fraction of sp³-hybridized carbons (Fsp3) is 0.909. The van der Waals surface area contributed by atoms with Gasteiger partial charge in [-0.1, -0.05) is 20.3 Å². The predicted molar refractivity (Wildman–Crippen MR) is 61.4 cm³/mol. The second-order valence-corrected chi connectivity index (χ2v) is 3.82. The zero-order chi connectivity index (χ0) is 11.7. The van der Waals surface area contributed by atoms with E-state index in [1.54, 1.807) is 4.90 Å². The molecule has 3 N–H and O–H groups in total. The minimum Gasteiger partial charge on any atom is -0.395 e. The lowest BCUT2D eigenvalue weighted by molar-refractivity contribution is -0.132. The topological polar surface area (TPSA) is 66.6 Å². The lowest BCUT2D eigenvalue weighted by Crippen LogP contribution is -2.36. The van der Waals surface area contributed by atoms with Crippen LogP contribution in [0, 0.1) is 5.92 Å². The Morgan fingerprint density at radius 1 is 1.40 bits per heavy atom. The van der Waals surface area contributed by atoms with Crippen molar-refractivity contribution in [2.75, 3.05) is 26.2 Å². The first-order valence-electron chi connectivity index (χ1n) is 5.78. The Labute approximate surface area is 92.4 Å². The van der Waals surface area contributed by atoms with Crippen LogP contribution in [0.15, 0.2) is 0 Å². The summed E-state index contributed by atoms with van der Waals surface area (Å²) in [5.41, 5.74) is 5.56. The monoisotopic (exact) mass is 216 g/mol. The molecular formula is C11H24N2O2. The molecule has 0 radical (unpaired) electrons. The summed E-state index contributed by atoms with van der Waals surface area (Å²) < 4.78 is 0.